The van der Waals surface area contributed by atoms with Gasteiger partial charge in [0, 0.05) is 6.42 Å². The summed E-state index contributed by atoms with van der Waals surface area (Å²) in [6.07, 6.45) is -2.96. The highest BCUT2D eigenvalue weighted by molar-refractivity contribution is 4.80. The van der Waals surface area contributed by atoms with Gasteiger partial charge in [-0.2, -0.15) is 13.2 Å². The Balaban J connectivity index is 2.31. The van der Waals surface area contributed by atoms with E-state index in [1.807, 2.05) is 6.92 Å². The molecule has 14 heavy (non-hydrogen) atoms. The molecule has 1 rings (SSSR count). The smallest absolute Gasteiger partial charge is 0.389 e. The minimum atomic E-state index is -4.14. The van der Waals surface area contributed by atoms with Crippen molar-refractivity contribution in [3.05, 3.63) is 0 Å². The molecule has 0 bridgehead atoms. The molecule has 0 aromatic heterocycles. The molecule has 1 nitrogen and oxygen atoms in total. The summed E-state index contributed by atoms with van der Waals surface area (Å²) < 4.78 is 35.7. The average Bonchev–Trinajstić information content (AvgIpc) is 2.46. The van der Waals surface area contributed by atoms with Crippen LogP contribution in [-0.2, 0) is 0 Å². The molecule has 0 radical (unpaired) electrons. The second-order valence-electron chi connectivity index (χ2n) is 4.29. The summed E-state index contributed by atoms with van der Waals surface area (Å²) in [5, 5.41) is 9.58. The maximum atomic E-state index is 11.9. The zero-order valence-electron chi connectivity index (χ0n) is 8.35. The van der Waals surface area contributed by atoms with E-state index in [2.05, 4.69) is 0 Å². The molecule has 84 valence electrons. The first kappa shape index (κ1) is 11.8. The lowest BCUT2D eigenvalue weighted by atomic mass is 9.90. The van der Waals surface area contributed by atoms with Crippen molar-refractivity contribution in [2.24, 2.45) is 11.8 Å². The van der Waals surface area contributed by atoms with Crippen molar-refractivity contribution >= 4 is 0 Å². The Morgan fingerprint density at radius 3 is 2.43 bits per heavy atom. The van der Waals surface area contributed by atoms with E-state index < -0.39 is 18.7 Å². The summed E-state index contributed by atoms with van der Waals surface area (Å²) in [4.78, 5) is 0. The van der Waals surface area contributed by atoms with E-state index in [0.717, 1.165) is 19.3 Å². The first-order valence-corrected chi connectivity index (χ1v) is 5.15. The lowest BCUT2D eigenvalue weighted by Gasteiger charge is -2.22. The van der Waals surface area contributed by atoms with Crippen molar-refractivity contribution in [3.8, 4) is 0 Å². The van der Waals surface area contributed by atoms with E-state index in [9.17, 15) is 18.3 Å². The van der Waals surface area contributed by atoms with Crippen molar-refractivity contribution in [2.75, 3.05) is 0 Å². The fourth-order valence-electron chi connectivity index (χ4n) is 2.27. The van der Waals surface area contributed by atoms with Crippen LogP contribution in [0.1, 0.15) is 39.0 Å². The maximum Gasteiger partial charge on any atom is 0.389 e. The third-order valence-corrected chi connectivity index (χ3v) is 3.15. The van der Waals surface area contributed by atoms with Crippen molar-refractivity contribution in [2.45, 2.75) is 51.3 Å². The summed E-state index contributed by atoms with van der Waals surface area (Å²) in [6, 6.07) is 0. The standard InChI is InChI=1S/C10H17F3O/c1-7-3-2-4-8(7)9(14)5-6-10(11,12)13/h7-9,14H,2-6H2,1H3. The van der Waals surface area contributed by atoms with E-state index >= 15 is 0 Å². The molecule has 0 aromatic rings. The second-order valence-corrected chi connectivity index (χ2v) is 4.29. The van der Waals surface area contributed by atoms with Gasteiger partial charge in [0.05, 0.1) is 6.10 Å². The van der Waals surface area contributed by atoms with Gasteiger partial charge in [-0.05, 0) is 24.7 Å². The first-order chi connectivity index (χ1) is 6.40. The van der Waals surface area contributed by atoms with Gasteiger partial charge < -0.3 is 5.11 Å². The van der Waals surface area contributed by atoms with E-state index in [0.29, 0.717) is 5.92 Å². The maximum absolute atomic E-state index is 11.9. The van der Waals surface area contributed by atoms with Gasteiger partial charge >= 0.3 is 6.18 Å². The topological polar surface area (TPSA) is 20.2 Å². The zero-order valence-corrected chi connectivity index (χ0v) is 8.35. The molecule has 1 saturated carbocycles. The normalized spacial score (nSPS) is 30.6. The number of aliphatic hydroxyl groups excluding tert-OH is 1. The molecule has 0 heterocycles. The van der Waals surface area contributed by atoms with Gasteiger partial charge in [-0.1, -0.05) is 19.8 Å². The van der Waals surface area contributed by atoms with Gasteiger partial charge in [-0.15, -0.1) is 0 Å². The molecular weight excluding hydrogens is 193 g/mol. The Bertz CT molecular complexity index is 179. The lowest BCUT2D eigenvalue weighted by Crippen LogP contribution is -2.24. The summed E-state index contributed by atoms with van der Waals surface area (Å²) in [6.45, 7) is 2.01. The van der Waals surface area contributed by atoms with E-state index in [1.54, 1.807) is 0 Å². The average molecular weight is 210 g/mol. The number of aliphatic hydroxyl groups is 1. The minimum Gasteiger partial charge on any atom is -0.393 e. The van der Waals surface area contributed by atoms with Crippen LogP contribution in [0.2, 0.25) is 0 Å². The molecule has 0 aromatic carbocycles. The van der Waals surface area contributed by atoms with Gasteiger partial charge in [0.1, 0.15) is 0 Å². The highest BCUT2D eigenvalue weighted by atomic mass is 19.4. The van der Waals surface area contributed by atoms with E-state index in [4.69, 9.17) is 0 Å². The van der Waals surface area contributed by atoms with Crippen LogP contribution in [0.4, 0.5) is 13.2 Å². The number of hydrogen-bond donors (Lipinski definition) is 1. The van der Waals surface area contributed by atoms with Crippen LogP contribution < -0.4 is 0 Å². The Labute approximate surface area is 82.3 Å². The number of halogens is 3. The van der Waals surface area contributed by atoms with Crippen LogP contribution in [0.3, 0.4) is 0 Å². The molecule has 0 saturated heterocycles. The fourth-order valence-corrected chi connectivity index (χ4v) is 2.27. The quantitative estimate of drug-likeness (QED) is 0.758. The molecule has 3 unspecified atom stereocenters. The molecule has 1 aliphatic rings. The minimum absolute atomic E-state index is 0.0809. The Morgan fingerprint density at radius 2 is 2.00 bits per heavy atom. The molecule has 3 atom stereocenters. The predicted octanol–water partition coefficient (Wildman–Crippen LogP) is 3.13. The summed E-state index contributed by atoms with van der Waals surface area (Å²) in [7, 11) is 0. The molecule has 1 fully saturated rings. The second kappa shape index (κ2) is 4.51. The van der Waals surface area contributed by atoms with E-state index in [-0.39, 0.29) is 12.3 Å². The largest absolute Gasteiger partial charge is 0.393 e. The van der Waals surface area contributed by atoms with Crippen molar-refractivity contribution < 1.29 is 18.3 Å². The van der Waals surface area contributed by atoms with Crippen molar-refractivity contribution in [1.29, 1.82) is 0 Å². The predicted molar refractivity (Wildman–Crippen MR) is 47.8 cm³/mol. The van der Waals surface area contributed by atoms with Crippen LogP contribution >= 0.6 is 0 Å². The van der Waals surface area contributed by atoms with Gasteiger partial charge in [-0.3, -0.25) is 0 Å². The summed E-state index contributed by atoms with van der Waals surface area (Å²) in [5.74, 6) is 0.454. The molecule has 0 spiro atoms. The lowest BCUT2D eigenvalue weighted by molar-refractivity contribution is -0.141. The molecule has 0 aliphatic heterocycles. The van der Waals surface area contributed by atoms with Crippen molar-refractivity contribution in [1.82, 2.24) is 0 Å². The van der Waals surface area contributed by atoms with Crippen LogP contribution in [-0.4, -0.2) is 17.4 Å². The van der Waals surface area contributed by atoms with Crippen molar-refractivity contribution in [3.63, 3.8) is 0 Å². The van der Waals surface area contributed by atoms with Gasteiger partial charge in [0.25, 0.3) is 0 Å². The Morgan fingerprint density at radius 1 is 1.36 bits per heavy atom. The number of rotatable bonds is 3. The number of alkyl halides is 3. The van der Waals surface area contributed by atoms with Crippen LogP contribution in [0.25, 0.3) is 0 Å². The number of hydrogen-bond acceptors (Lipinski definition) is 1. The Hall–Kier alpha value is -0.250. The van der Waals surface area contributed by atoms with Gasteiger partial charge in [0.2, 0.25) is 0 Å². The summed E-state index contributed by atoms with van der Waals surface area (Å²) >= 11 is 0. The van der Waals surface area contributed by atoms with Gasteiger partial charge in [0.15, 0.2) is 0 Å². The third-order valence-electron chi connectivity index (χ3n) is 3.15. The summed E-state index contributed by atoms with van der Waals surface area (Å²) in [5.41, 5.74) is 0. The molecular formula is C10H17F3O. The SMILES string of the molecule is CC1CCCC1C(O)CCC(F)(F)F. The molecule has 0 amide bonds. The first-order valence-electron chi connectivity index (χ1n) is 5.15. The fraction of sp³-hybridized carbons (Fsp3) is 1.00. The zero-order chi connectivity index (χ0) is 10.8. The molecule has 4 heteroatoms. The highest BCUT2D eigenvalue weighted by Gasteiger charge is 2.33. The highest BCUT2D eigenvalue weighted by Crippen LogP contribution is 2.36. The van der Waals surface area contributed by atoms with E-state index in [1.165, 1.54) is 0 Å². The van der Waals surface area contributed by atoms with Crippen LogP contribution in [0.15, 0.2) is 0 Å². The Kier molecular flexibility index (Phi) is 3.81. The van der Waals surface area contributed by atoms with Gasteiger partial charge in [-0.25, -0.2) is 0 Å². The molecule has 1 aliphatic carbocycles. The monoisotopic (exact) mass is 210 g/mol. The van der Waals surface area contributed by atoms with Crippen LogP contribution in [0, 0.1) is 11.8 Å². The third kappa shape index (κ3) is 3.48. The molecule has 1 N–H and O–H groups in total. The van der Waals surface area contributed by atoms with Crippen LogP contribution in [0.5, 0.6) is 0 Å².